The van der Waals surface area contributed by atoms with Crippen molar-refractivity contribution in [2.75, 3.05) is 13.2 Å². The van der Waals surface area contributed by atoms with E-state index in [1.165, 1.54) is 0 Å². The van der Waals surface area contributed by atoms with Gasteiger partial charge in [-0.15, -0.1) is 0 Å². The highest BCUT2D eigenvalue weighted by molar-refractivity contribution is 5.80. The first-order chi connectivity index (χ1) is 11.3. The molecular formula is C18H18N2O3. The lowest BCUT2D eigenvalue weighted by molar-refractivity contribution is -0.120. The Kier molecular flexibility index (Phi) is 3.61. The van der Waals surface area contributed by atoms with Crippen LogP contribution in [0.3, 0.4) is 0 Å². The second kappa shape index (κ2) is 5.91. The summed E-state index contributed by atoms with van der Waals surface area (Å²) in [5, 5.41) is 2.97. The van der Waals surface area contributed by atoms with Crippen LogP contribution >= 0.6 is 0 Å². The van der Waals surface area contributed by atoms with Gasteiger partial charge in [0.05, 0.1) is 19.6 Å². The number of fused-ring (bicyclic) bond motifs is 2. The molecule has 3 heterocycles. The van der Waals surface area contributed by atoms with Crippen molar-refractivity contribution in [3.8, 4) is 11.5 Å². The van der Waals surface area contributed by atoms with E-state index in [4.69, 9.17) is 9.47 Å². The molecule has 0 saturated carbocycles. The number of carbonyl (C=O) groups is 1. The Hall–Kier alpha value is -2.56. The molecule has 118 valence electrons. The number of rotatable bonds is 4. The maximum Gasteiger partial charge on any atom is 0.224 e. The highest BCUT2D eigenvalue weighted by Crippen LogP contribution is 2.40. The number of nitrogens with one attached hydrogen (secondary N) is 1. The normalized spacial score (nSPS) is 14.6. The zero-order chi connectivity index (χ0) is 15.6. The SMILES string of the molecule is O=C(Cc1c2c(cc3c1OCC3)OCC2)NCc1ccncc1. The number of hydrogen-bond donors (Lipinski definition) is 1. The molecule has 0 bridgehead atoms. The minimum Gasteiger partial charge on any atom is -0.493 e. The van der Waals surface area contributed by atoms with Gasteiger partial charge in [0.2, 0.25) is 5.91 Å². The van der Waals surface area contributed by atoms with Gasteiger partial charge in [-0.25, -0.2) is 0 Å². The molecule has 0 spiro atoms. The van der Waals surface area contributed by atoms with Crippen molar-refractivity contribution < 1.29 is 14.3 Å². The predicted octanol–water partition coefficient (Wildman–Crippen LogP) is 1.81. The van der Waals surface area contributed by atoms with Gasteiger partial charge in [-0.2, -0.15) is 0 Å². The number of benzene rings is 1. The van der Waals surface area contributed by atoms with Crippen LogP contribution in [0.4, 0.5) is 0 Å². The fourth-order valence-electron chi connectivity index (χ4n) is 3.20. The van der Waals surface area contributed by atoms with Gasteiger partial charge in [0.1, 0.15) is 11.5 Å². The predicted molar refractivity (Wildman–Crippen MR) is 84.6 cm³/mol. The van der Waals surface area contributed by atoms with Crippen LogP contribution < -0.4 is 14.8 Å². The number of pyridine rings is 1. The molecule has 1 N–H and O–H groups in total. The van der Waals surface area contributed by atoms with E-state index in [9.17, 15) is 4.79 Å². The Morgan fingerprint density at radius 3 is 2.87 bits per heavy atom. The molecule has 5 heteroatoms. The Bertz CT molecular complexity index is 711. The number of ether oxygens (including phenoxy) is 2. The summed E-state index contributed by atoms with van der Waals surface area (Å²) in [5.41, 5.74) is 4.32. The Morgan fingerprint density at radius 1 is 1.17 bits per heavy atom. The monoisotopic (exact) mass is 310 g/mol. The Labute approximate surface area is 134 Å². The minimum absolute atomic E-state index is 0.000174. The van der Waals surface area contributed by atoms with Crippen molar-refractivity contribution >= 4 is 5.91 Å². The molecule has 2 aromatic rings. The molecule has 5 nitrogen and oxygen atoms in total. The highest BCUT2D eigenvalue weighted by Gasteiger charge is 2.27. The third kappa shape index (κ3) is 2.74. The van der Waals surface area contributed by atoms with E-state index in [0.29, 0.717) is 26.2 Å². The van der Waals surface area contributed by atoms with Crippen molar-refractivity contribution in [2.45, 2.75) is 25.8 Å². The average Bonchev–Trinajstić information content (AvgIpc) is 3.22. The third-order valence-electron chi connectivity index (χ3n) is 4.34. The maximum atomic E-state index is 12.4. The summed E-state index contributed by atoms with van der Waals surface area (Å²) in [6, 6.07) is 5.87. The van der Waals surface area contributed by atoms with Gasteiger partial charge in [0, 0.05) is 48.5 Å². The van der Waals surface area contributed by atoms with Gasteiger partial charge in [-0.3, -0.25) is 9.78 Å². The van der Waals surface area contributed by atoms with E-state index in [1.54, 1.807) is 12.4 Å². The Morgan fingerprint density at radius 2 is 2.00 bits per heavy atom. The van der Waals surface area contributed by atoms with E-state index in [2.05, 4.69) is 16.4 Å². The van der Waals surface area contributed by atoms with Crippen LogP contribution in [-0.2, 0) is 30.6 Å². The first-order valence-corrected chi connectivity index (χ1v) is 7.90. The van der Waals surface area contributed by atoms with E-state index in [1.807, 2.05) is 12.1 Å². The first-order valence-electron chi connectivity index (χ1n) is 7.90. The van der Waals surface area contributed by atoms with Crippen molar-refractivity contribution in [3.05, 3.63) is 52.8 Å². The summed E-state index contributed by atoms with van der Waals surface area (Å²) in [6.45, 7) is 1.88. The lowest BCUT2D eigenvalue weighted by Gasteiger charge is -2.13. The van der Waals surface area contributed by atoms with Gasteiger partial charge in [-0.1, -0.05) is 0 Å². The molecule has 0 saturated heterocycles. The zero-order valence-corrected chi connectivity index (χ0v) is 12.8. The first kappa shape index (κ1) is 14.1. The van der Waals surface area contributed by atoms with Crippen molar-refractivity contribution in [2.24, 2.45) is 0 Å². The number of carbonyl (C=O) groups excluding carboxylic acids is 1. The lowest BCUT2D eigenvalue weighted by Crippen LogP contribution is -2.25. The summed E-state index contributed by atoms with van der Waals surface area (Å²) >= 11 is 0. The number of hydrogen-bond acceptors (Lipinski definition) is 4. The van der Waals surface area contributed by atoms with Crippen LogP contribution in [0.15, 0.2) is 30.6 Å². The molecule has 2 aliphatic rings. The molecule has 0 aliphatic carbocycles. The third-order valence-corrected chi connectivity index (χ3v) is 4.34. The van der Waals surface area contributed by atoms with Gasteiger partial charge < -0.3 is 14.8 Å². The molecule has 4 rings (SSSR count). The molecule has 0 unspecified atom stereocenters. The van der Waals surface area contributed by atoms with Crippen LogP contribution in [-0.4, -0.2) is 24.1 Å². The second-order valence-electron chi connectivity index (χ2n) is 5.83. The van der Waals surface area contributed by atoms with Gasteiger partial charge in [-0.05, 0) is 23.8 Å². The molecule has 2 aliphatic heterocycles. The lowest BCUT2D eigenvalue weighted by atomic mass is 9.97. The molecular weight excluding hydrogens is 292 g/mol. The largest absolute Gasteiger partial charge is 0.493 e. The van der Waals surface area contributed by atoms with E-state index in [-0.39, 0.29) is 5.91 Å². The average molecular weight is 310 g/mol. The van der Waals surface area contributed by atoms with Crippen LogP contribution in [0.2, 0.25) is 0 Å². The van der Waals surface area contributed by atoms with Crippen LogP contribution in [0, 0.1) is 0 Å². The molecule has 0 atom stereocenters. The van der Waals surface area contributed by atoms with Gasteiger partial charge >= 0.3 is 0 Å². The minimum atomic E-state index is -0.000174. The second-order valence-corrected chi connectivity index (χ2v) is 5.83. The molecule has 0 fully saturated rings. The fourth-order valence-corrected chi connectivity index (χ4v) is 3.20. The quantitative estimate of drug-likeness (QED) is 0.935. The van der Waals surface area contributed by atoms with Crippen molar-refractivity contribution in [1.29, 1.82) is 0 Å². The number of amides is 1. The summed E-state index contributed by atoms with van der Waals surface area (Å²) < 4.78 is 11.5. The van der Waals surface area contributed by atoms with Gasteiger partial charge in [0.25, 0.3) is 0 Å². The van der Waals surface area contributed by atoms with Crippen molar-refractivity contribution in [3.63, 3.8) is 0 Å². The van der Waals surface area contributed by atoms with Crippen LogP contribution in [0.1, 0.15) is 22.3 Å². The zero-order valence-electron chi connectivity index (χ0n) is 12.8. The highest BCUT2D eigenvalue weighted by atomic mass is 16.5. The van der Waals surface area contributed by atoms with Crippen molar-refractivity contribution in [1.82, 2.24) is 10.3 Å². The number of aromatic nitrogens is 1. The summed E-state index contributed by atoms with van der Waals surface area (Å²) in [5.74, 6) is 1.82. The van der Waals surface area contributed by atoms with Gasteiger partial charge in [0.15, 0.2) is 0 Å². The molecule has 1 amide bonds. The van der Waals surface area contributed by atoms with Crippen LogP contribution in [0.5, 0.6) is 11.5 Å². The summed E-state index contributed by atoms with van der Waals surface area (Å²) in [7, 11) is 0. The summed E-state index contributed by atoms with van der Waals surface area (Å²) in [4.78, 5) is 16.3. The van der Waals surface area contributed by atoms with E-state index >= 15 is 0 Å². The molecule has 0 radical (unpaired) electrons. The molecule has 23 heavy (non-hydrogen) atoms. The van der Waals surface area contributed by atoms with E-state index < -0.39 is 0 Å². The number of nitrogens with zero attached hydrogens (tertiary/aromatic N) is 1. The van der Waals surface area contributed by atoms with E-state index in [0.717, 1.165) is 46.6 Å². The standard InChI is InChI=1S/C18H18N2O3/c21-17(20-11-12-1-5-19-6-2-12)10-15-14-4-8-22-16(14)9-13-3-7-23-18(13)15/h1-2,5-6,9H,3-4,7-8,10-11H2,(H,20,21). The molecule has 1 aromatic carbocycles. The summed E-state index contributed by atoms with van der Waals surface area (Å²) in [6.07, 6.45) is 5.52. The Balaban J connectivity index is 1.51. The fraction of sp³-hybridized carbons (Fsp3) is 0.333. The topological polar surface area (TPSA) is 60.5 Å². The maximum absolute atomic E-state index is 12.4. The molecule has 1 aromatic heterocycles. The smallest absolute Gasteiger partial charge is 0.224 e. The van der Waals surface area contributed by atoms with Crippen LogP contribution in [0.25, 0.3) is 0 Å².